The molecule has 206 valence electrons. The van der Waals surface area contributed by atoms with E-state index in [9.17, 15) is 8.78 Å². The van der Waals surface area contributed by atoms with E-state index < -0.39 is 0 Å². The topological polar surface area (TPSA) is 0 Å². The first-order valence-corrected chi connectivity index (χ1v) is 14.4. The predicted molar refractivity (Wildman–Crippen MR) is 171 cm³/mol. The zero-order valence-corrected chi connectivity index (χ0v) is 23.9. The van der Waals surface area contributed by atoms with Gasteiger partial charge in [-0.15, -0.1) is 0 Å². The highest BCUT2D eigenvalue weighted by Crippen LogP contribution is 2.30. The van der Waals surface area contributed by atoms with Gasteiger partial charge in [0.1, 0.15) is 11.6 Å². The van der Waals surface area contributed by atoms with Crippen molar-refractivity contribution >= 4 is 0 Å². The van der Waals surface area contributed by atoms with Crippen LogP contribution in [0.4, 0.5) is 8.78 Å². The highest BCUT2D eigenvalue weighted by atomic mass is 19.1. The summed E-state index contributed by atoms with van der Waals surface area (Å²) in [6.07, 6.45) is 1.86. The first-order valence-electron chi connectivity index (χ1n) is 14.4. The number of benzene rings is 6. The summed E-state index contributed by atoms with van der Waals surface area (Å²) in [6.45, 7) is 4.40. The Labute approximate surface area is 247 Å². The third-order valence-corrected chi connectivity index (χ3v) is 8.10. The smallest absolute Gasteiger partial charge is 0.123 e. The van der Waals surface area contributed by atoms with Gasteiger partial charge in [-0.2, -0.15) is 0 Å². The molecule has 0 N–H and O–H groups in total. The molecule has 0 heterocycles. The predicted octanol–water partition coefficient (Wildman–Crippen LogP) is 11.1. The zero-order chi connectivity index (χ0) is 29.1. The van der Waals surface area contributed by atoms with Gasteiger partial charge < -0.3 is 0 Å². The Kier molecular flexibility index (Phi) is 7.79. The van der Waals surface area contributed by atoms with Gasteiger partial charge in [-0.1, -0.05) is 116 Å². The van der Waals surface area contributed by atoms with E-state index in [1.165, 1.54) is 68.8 Å². The van der Waals surface area contributed by atoms with Crippen LogP contribution in [0.15, 0.2) is 133 Å². The lowest BCUT2D eigenvalue weighted by Crippen LogP contribution is -1.98. The van der Waals surface area contributed by atoms with E-state index in [4.69, 9.17) is 0 Å². The molecule has 0 saturated carbocycles. The minimum atomic E-state index is -0.220. The normalized spacial score (nSPS) is 11.0. The third-order valence-electron chi connectivity index (χ3n) is 8.10. The van der Waals surface area contributed by atoms with E-state index in [2.05, 4.69) is 98.8 Å². The molecule has 0 saturated heterocycles. The summed E-state index contributed by atoms with van der Waals surface area (Å²) < 4.78 is 26.6. The van der Waals surface area contributed by atoms with Crippen LogP contribution >= 0.6 is 0 Å². The van der Waals surface area contributed by atoms with Crippen molar-refractivity contribution in [2.45, 2.75) is 26.7 Å². The number of hydrogen-bond donors (Lipinski definition) is 0. The van der Waals surface area contributed by atoms with E-state index in [1.807, 2.05) is 24.3 Å². The van der Waals surface area contributed by atoms with Crippen LogP contribution in [0.3, 0.4) is 0 Å². The van der Waals surface area contributed by atoms with Crippen molar-refractivity contribution < 1.29 is 8.78 Å². The fraction of sp³-hybridized carbons (Fsp3) is 0.100. The van der Waals surface area contributed by atoms with Crippen LogP contribution in [0.5, 0.6) is 0 Å². The van der Waals surface area contributed by atoms with Crippen LogP contribution < -0.4 is 0 Å². The molecule has 0 fully saturated rings. The van der Waals surface area contributed by atoms with Crippen molar-refractivity contribution in [1.29, 1.82) is 0 Å². The molecule has 0 spiro atoms. The molecule has 42 heavy (non-hydrogen) atoms. The summed E-state index contributed by atoms with van der Waals surface area (Å²) in [7, 11) is 0. The average Bonchev–Trinajstić information content (AvgIpc) is 3.03. The van der Waals surface area contributed by atoms with E-state index in [0.29, 0.717) is 0 Å². The number of rotatable bonds is 7. The summed E-state index contributed by atoms with van der Waals surface area (Å²) in [6, 6.07) is 43.7. The quantitative estimate of drug-likeness (QED) is 0.185. The van der Waals surface area contributed by atoms with Crippen molar-refractivity contribution in [2.75, 3.05) is 0 Å². The first kappa shape index (κ1) is 27.4. The Balaban J connectivity index is 1.18. The molecule has 0 nitrogen and oxygen atoms in total. The maximum absolute atomic E-state index is 13.3. The molecule has 0 aliphatic carbocycles. The summed E-state index contributed by atoms with van der Waals surface area (Å²) in [5, 5.41) is 0. The summed E-state index contributed by atoms with van der Waals surface area (Å²) in [5.74, 6) is -0.440. The zero-order valence-electron chi connectivity index (χ0n) is 23.9. The van der Waals surface area contributed by atoms with Crippen molar-refractivity contribution in [3.05, 3.63) is 167 Å². The molecule has 0 aliphatic heterocycles. The third kappa shape index (κ3) is 5.94. The second kappa shape index (κ2) is 12.0. The van der Waals surface area contributed by atoms with Gasteiger partial charge in [-0.3, -0.25) is 0 Å². The largest absolute Gasteiger partial charge is 0.207 e. The van der Waals surface area contributed by atoms with Gasteiger partial charge in [0, 0.05) is 0 Å². The molecule has 0 bridgehead atoms. The molecule has 6 rings (SSSR count). The van der Waals surface area contributed by atoms with Gasteiger partial charge >= 0.3 is 0 Å². The molecular formula is C40H32F2. The minimum absolute atomic E-state index is 0.219. The summed E-state index contributed by atoms with van der Waals surface area (Å²) in [4.78, 5) is 0. The second-order valence-corrected chi connectivity index (χ2v) is 10.8. The monoisotopic (exact) mass is 550 g/mol. The summed E-state index contributed by atoms with van der Waals surface area (Å²) >= 11 is 0. The molecule has 0 atom stereocenters. The summed E-state index contributed by atoms with van der Waals surface area (Å²) in [5.41, 5.74) is 14.2. The van der Waals surface area contributed by atoms with Crippen LogP contribution in [0.2, 0.25) is 0 Å². The lowest BCUT2D eigenvalue weighted by molar-refractivity contribution is 0.627. The number of hydrogen-bond acceptors (Lipinski definition) is 0. The lowest BCUT2D eigenvalue weighted by atomic mass is 9.91. The van der Waals surface area contributed by atoms with E-state index in [1.54, 1.807) is 0 Å². The fourth-order valence-corrected chi connectivity index (χ4v) is 5.58. The van der Waals surface area contributed by atoms with Gasteiger partial charge in [0.05, 0.1) is 0 Å². The number of aryl methyl sites for hydroxylation is 2. The van der Waals surface area contributed by atoms with Gasteiger partial charge in [-0.05, 0) is 111 Å². The maximum atomic E-state index is 13.3. The fourth-order valence-electron chi connectivity index (χ4n) is 5.58. The molecular weight excluding hydrogens is 518 g/mol. The van der Waals surface area contributed by atoms with Crippen LogP contribution in [-0.4, -0.2) is 0 Å². The van der Waals surface area contributed by atoms with E-state index >= 15 is 0 Å². The molecule has 0 aromatic heterocycles. The standard InChI is InChI=1S/C40H32F2/c1-3-28-25-38(34-10-6-30(7-11-34)32-18-22-40(42)23-19-32)15-14-37(28)26-35-12-13-36(24-27(35)2)33-8-4-29(5-9-33)31-16-20-39(41)21-17-31/h4-25H,3,26H2,1-2H3. The Hall–Kier alpha value is -4.82. The first-order chi connectivity index (χ1) is 20.5. The lowest BCUT2D eigenvalue weighted by Gasteiger charge is -2.14. The molecule has 6 aromatic rings. The van der Waals surface area contributed by atoms with Crippen LogP contribution in [-0.2, 0) is 12.8 Å². The van der Waals surface area contributed by atoms with Gasteiger partial charge in [0.25, 0.3) is 0 Å². The van der Waals surface area contributed by atoms with Crippen LogP contribution in [0.1, 0.15) is 29.2 Å². The second-order valence-electron chi connectivity index (χ2n) is 10.8. The van der Waals surface area contributed by atoms with E-state index in [-0.39, 0.29) is 11.6 Å². The average molecular weight is 551 g/mol. The SMILES string of the molecule is CCc1cc(-c2ccc(-c3ccc(F)cc3)cc2)ccc1Cc1ccc(-c2ccc(-c3ccc(F)cc3)cc2)cc1C. The Bertz CT molecular complexity index is 1810. The minimum Gasteiger partial charge on any atom is -0.207 e. The van der Waals surface area contributed by atoms with Crippen molar-refractivity contribution in [2.24, 2.45) is 0 Å². The molecule has 6 aromatic carbocycles. The Morgan fingerprint density at radius 2 is 0.714 bits per heavy atom. The Morgan fingerprint density at radius 1 is 0.381 bits per heavy atom. The van der Waals surface area contributed by atoms with Crippen LogP contribution in [0, 0.1) is 18.6 Å². The highest BCUT2D eigenvalue weighted by molar-refractivity contribution is 5.72. The van der Waals surface area contributed by atoms with Gasteiger partial charge in [0.2, 0.25) is 0 Å². The van der Waals surface area contributed by atoms with Gasteiger partial charge in [-0.25, -0.2) is 8.78 Å². The maximum Gasteiger partial charge on any atom is 0.123 e. The number of halogens is 2. The van der Waals surface area contributed by atoms with E-state index in [0.717, 1.165) is 35.1 Å². The molecule has 0 unspecified atom stereocenters. The van der Waals surface area contributed by atoms with Gasteiger partial charge in [0.15, 0.2) is 0 Å². The molecule has 0 amide bonds. The van der Waals surface area contributed by atoms with Crippen molar-refractivity contribution in [1.82, 2.24) is 0 Å². The molecule has 0 radical (unpaired) electrons. The van der Waals surface area contributed by atoms with Crippen LogP contribution in [0.25, 0.3) is 44.5 Å². The van der Waals surface area contributed by atoms with Crippen molar-refractivity contribution in [3.63, 3.8) is 0 Å². The van der Waals surface area contributed by atoms with Crippen molar-refractivity contribution in [3.8, 4) is 44.5 Å². The molecule has 0 aliphatic rings. The Morgan fingerprint density at radius 3 is 1.12 bits per heavy atom. The highest BCUT2D eigenvalue weighted by Gasteiger charge is 2.10. The molecule has 2 heteroatoms.